The first-order chi connectivity index (χ1) is 14.7. The van der Waals surface area contributed by atoms with Crippen molar-refractivity contribution in [2.24, 2.45) is 4.99 Å². The van der Waals surface area contributed by atoms with Gasteiger partial charge in [0.05, 0.1) is 19.7 Å². The third-order valence-corrected chi connectivity index (χ3v) is 5.80. The summed E-state index contributed by atoms with van der Waals surface area (Å²) in [4.78, 5) is 6.14. The van der Waals surface area contributed by atoms with Crippen LogP contribution in [0.2, 0.25) is 0 Å². The minimum atomic E-state index is 0.225. The maximum Gasteiger partial charge on any atom is 0.192 e. The van der Waals surface area contributed by atoms with Gasteiger partial charge >= 0.3 is 0 Å². The molecule has 3 aromatic rings. The number of methoxy groups -OCH3 is 1. The standard InChI is InChI=1S/C22H30N6OS/c1-4-19(20-10-7-13-30-20)26-22(23-11-12-28-16-25-27-21(28)5-2)24-15-17-8-6-9-18(14-17)29-3/h6-10,13-14,16,19H,4-5,11-12,15H2,1-3H3,(H2,23,24,26). The predicted octanol–water partition coefficient (Wildman–Crippen LogP) is 3.80. The summed E-state index contributed by atoms with van der Waals surface area (Å²) < 4.78 is 7.40. The fraction of sp³-hybridized carbons (Fsp3) is 0.409. The van der Waals surface area contributed by atoms with Crippen LogP contribution in [-0.4, -0.2) is 34.4 Å². The van der Waals surface area contributed by atoms with Crippen LogP contribution in [0.4, 0.5) is 0 Å². The second-order valence-electron chi connectivity index (χ2n) is 6.86. The average molecular weight is 427 g/mol. The molecule has 0 fully saturated rings. The van der Waals surface area contributed by atoms with Crippen molar-refractivity contribution >= 4 is 17.3 Å². The summed E-state index contributed by atoms with van der Waals surface area (Å²) in [5, 5.41) is 17.3. The first-order valence-corrected chi connectivity index (χ1v) is 11.2. The number of nitrogens with one attached hydrogen (secondary N) is 2. The van der Waals surface area contributed by atoms with Crippen molar-refractivity contribution < 1.29 is 4.74 Å². The largest absolute Gasteiger partial charge is 0.497 e. The number of nitrogens with zero attached hydrogens (tertiary/aromatic N) is 4. The van der Waals surface area contributed by atoms with Crippen molar-refractivity contribution in [3.8, 4) is 5.75 Å². The summed E-state index contributed by atoms with van der Waals surface area (Å²) in [7, 11) is 1.68. The highest BCUT2D eigenvalue weighted by atomic mass is 32.1. The molecule has 0 radical (unpaired) electrons. The Morgan fingerprint density at radius 2 is 2.17 bits per heavy atom. The van der Waals surface area contributed by atoms with E-state index in [1.54, 1.807) is 24.8 Å². The van der Waals surface area contributed by atoms with Gasteiger partial charge in [-0.25, -0.2) is 4.99 Å². The fourth-order valence-corrected chi connectivity index (χ4v) is 4.02. The first-order valence-electron chi connectivity index (χ1n) is 10.3. The number of hydrogen-bond acceptors (Lipinski definition) is 5. The maximum absolute atomic E-state index is 5.33. The molecule has 0 aliphatic heterocycles. The summed E-state index contributed by atoms with van der Waals surface area (Å²) in [5.74, 6) is 2.63. The molecule has 2 heterocycles. The van der Waals surface area contributed by atoms with Crippen molar-refractivity contribution in [2.45, 2.75) is 45.8 Å². The maximum atomic E-state index is 5.33. The molecule has 0 saturated carbocycles. The van der Waals surface area contributed by atoms with E-state index in [0.717, 1.165) is 49.0 Å². The normalized spacial score (nSPS) is 12.6. The van der Waals surface area contributed by atoms with Gasteiger partial charge in [0.25, 0.3) is 0 Å². The molecule has 8 heteroatoms. The smallest absolute Gasteiger partial charge is 0.192 e. The van der Waals surface area contributed by atoms with Crippen LogP contribution >= 0.6 is 11.3 Å². The van der Waals surface area contributed by atoms with Crippen molar-refractivity contribution in [3.05, 3.63) is 64.4 Å². The minimum Gasteiger partial charge on any atom is -0.497 e. The van der Waals surface area contributed by atoms with Crippen LogP contribution in [0.25, 0.3) is 0 Å². The number of aryl methyl sites for hydroxylation is 1. The number of aliphatic imine (C=N–C) groups is 1. The molecule has 0 aliphatic carbocycles. The zero-order valence-electron chi connectivity index (χ0n) is 17.8. The van der Waals surface area contributed by atoms with Gasteiger partial charge in [0.1, 0.15) is 17.9 Å². The van der Waals surface area contributed by atoms with Crippen molar-refractivity contribution in [1.29, 1.82) is 0 Å². The van der Waals surface area contributed by atoms with E-state index >= 15 is 0 Å². The summed E-state index contributed by atoms with van der Waals surface area (Å²) in [5.41, 5.74) is 1.10. The molecule has 160 valence electrons. The summed E-state index contributed by atoms with van der Waals surface area (Å²) in [6.45, 7) is 6.35. The van der Waals surface area contributed by atoms with Gasteiger partial charge in [-0.1, -0.05) is 32.0 Å². The van der Waals surface area contributed by atoms with E-state index in [4.69, 9.17) is 9.73 Å². The van der Waals surface area contributed by atoms with Gasteiger partial charge in [-0.05, 0) is 35.6 Å². The third kappa shape index (κ3) is 6.06. The lowest BCUT2D eigenvalue weighted by molar-refractivity contribution is 0.414. The molecule has 1 atom stereocenters. The van der Waals surface area contributed by atoms with E-state index in [0.29, 0.717) is 6.54 Å². The van der Waals surface area contributed by atoms with Crippen LogP contribution in [0, 0.1) is 0 Å². The zero-order chi connectivity index (χ0) is 21.2. The topological polar surface area (TPSA) is 76.4 Å². The molecule has 1 unspecified atom stereocenters. The second-order valence-corrected chi connectivity index (χ2v) is 7.84. The Balaban J connectivity index is 1.69. The molecule has 7 nitrogen and oxygen atoms in total. The number of benzene rings is 1. The van der Waals surface area contributed by atoms with Gasteiger partial charge in [-0.2, -0.15) is 0 Å². The molecule has 0 spiro atoms. The summed E-state index contributed by atoms with van der Waals surface area (Å²) in [6, 6.07) is 12.5. The average Bonchev–Trinajstić information content (AvgIpc) is 3.47. The van der Waals surface area contributed by atoms with Gasteiger partial charge in [0.15, 0.2) is 5.96 Å². The Kier molecular flexibility index (Phi) is 8.26. The third-order valence-electron chi connectivity index (χ3n) is 4.82. The van der Waals surface area contributed by atoms with Gasteiger partial charge in [-0.3, -0.25) is 0 Å². The van der Waals surface area contributed by atoms with Crippen LogP contribution in [0.1, 0.15) is 42.6 Å². The second kappa shape index (κ2) is 11.3. The lowest BCUT2D eigenvalue weighted by Crippen LogP contribution is -2.40. The van der Waals surface area contributed by atoms with E-state index in [1.807, 2.05) is 18.2 Å². The van der Waals surface area contributed by atoms with Gasteiger partial charge in [0, 0.05) is 24.4 Å². The van der Waals surface area contributed by atoms with Crippen molar-refractivity contribution in [2.75, 3.05) is 13.7 Å². The van der Waals surface area contributed by atoms with Gasteiger partial charge in [0.2, 0.25) is 0 Å². The Bertz CT molecular complexity index is 921. The molecule has 0 saturated heterocycles. The summed E-state index contributed by atoms with van der Waals surface area (Å²) >= 11 is 1.76. The highest BCUT2D eigenvalue weighted by Crippen LogP contribution is 2.21. The molecule has 3 rings (SSSR count). The summed E-state index contributed by atoms with van der Waals surface area (Å²) in [6.07, 6.45) is 3.62. The van der Waals surface area contributed by atoms with E-state index in [2.05, 4.69) is 62.8 Å². The fourth-order valence-electron chi connectivity index (χ4n) is 3.16. The Hall–Kier alpha value is -2.87. The zero-order valence-corrected chi connectivity index (χ0v) is 18.7. The quantitative estimate of drug-likeness (QED) is 0.381. The Labute approximate surface area is 182 Å². The van der Waals surface area contributed by atoms with Crippen molar-refractivity contribution in [3.63, 3.8) is 0 Å². The van der Waals surface area contributed by atoms with E-state index in [1.165, 1.54) is 4.88 Å². The van der Waals surface area contributed by atoms with Crippen molar-refractivity contribution in [1.82, 2.24) is 25.4 Å². The number of aromatic nitrogens is 3. The van der Waals surface area contributed by atoms with Crippen LogP contribution in [0.3, 0.4) is 0 Å². The molecule has 0 bridgehead atoms. The minimum absolute atomic E-state index is 0.225. The van der Waals surface area contributed by atoms with Gasteiger partial charge in [-0.15, -0.1) is 21.5 Å². The molecule has 30 heavy (non-hydrogen) atoms. The monoisotopic (exact) mass is 426 g/mol. The molecular formula is C22H30N6OS. The molecule has 2 N–H and O–H groups in total. The van der Waals surface area contributed by atoms with Crippen LogP contribution in [0.15, 0.2) is 53.1 Å². The Morgan fingerprint density at radius 3 is 2.90 bits per heavy atom. The van der Waals surface area contributed by atoms with E-state index < -0.39 is 0 Å². The molecule has 0 aliphatic rings. The van der Waals surface area contributed by atoms with E-state index in [9.17, 15) is 0 Å². The number of rotatable bonds is 10. The lowest BCUT2D eigenvalue weighted by atomic mass is 10.2. The predicted molar refractivity (Wildman–Crippen MR) is 122 cm³/mol. The molecule has 0 amide bonds. The highest BCUT2D eigenvalue weighted by Gasteiger charge is 2.12. The molecule has 1 aromatic carbocycles. The SMILES string of the molecule is CCc1nncn1CCNC(=NCc1cccc(OC)c1)NC(CC)c1cccs1. The first kappa shape index (κ1) is 21.8. The molecule has 2 aromatic heterocycles. The van der Waals surface area contributed by atoms with Crippen LogP contribution < -0.4 is 15.4 Å². The lowest BCUT2D eigenvalue weighted by Gasteiger charge is -2.20. The number of thiophene rings is 1. The van der Waals surface area contributed by atoms with Crippen LogP contribution in [0.5, 0.6) is 5.75 Å². The van der Waals surface area contributed by atoms with Crippen LogP contribution in [-0.2, 0) is 19.5 Å². The number of ether oxygens (including phenoxy) is 1. The Morgan fingerprint density at radius 1 is 1.27 bits per heavy atom. The van der Waals surface area contributed by atoms with Gasteiger partial charge < -0.3 is 19.9 Å². The number of hydrogen-bond donors (Lipinski definition) is 2. The van der Waals surface area contributed by atoms with E-state index in [-0.39, 0.29) is 6.04 Å². The highest BCUT2D eigenvalue weighted by molar-refractivity contribution is 7.10. The number of guanidine groups is 1. The molecular weight excluding hydrogens is 396 g/mol.